The average Bonchev–Trinajstić information content (AvgIpc) is 3.07. The van der Waals surface area contributed by atoms with E-state index < -0.39 is 23.9 Å². The van der Waals surface area contributed by atoms with Gasteiger partial charge in [0.15, 0.2) is 0 Å². The van der Waals surface area contributed by atoms with Gasteiger partial charge in [0.1, 0.15) is 24.2 Å². The van der Waals surface area contributed by atoms with Crippen molar-refractivity contribution in [2.24, 2.45) is 0 Å². The molecule has 158 valence electrons. The van der Waals surface area contributed by atoms with Crippen LogP contribution in [0.4, 0.5) is 9.18 Å². The molecule has 0 aliphatic heterocycles. The van der Waals surface area contributed by atoms with Crippen LogP contribution in [0.15, 0.2) is 66.7 Å². The van der Waals surface area contributed by atoms with Gasteiger partial charge < -0.3 is 20.3 Å². The standard InChI is InChI=1S/C24H20FNO5/c25-21-12-15(27)10-9-14(21)11-22(23(28)29)26-24(30)31-13-20-18-7-3-1-5-16(18)17-6-2-4-8-19(17)20/h1-10,12,20,22,27H,11,13H2,(H,26,30)(H,28,29)/t22-/m0/s1. The van der Waals surface area contributed by atoms with Crippen molar-refractivity contribution < 1.29 is 28.9 Å². The van der Waals surface area contributed by atoms with E-state index in [2.05, 4.69) is 5.32 Å². The lowest BCUT2D eigenvalue weighted by Gasteiger charge is -2.18. The van der Waals surface area contributed by atoms with E-state index in [9.17, 15) is 24.2 Å². The lowest BCUT2D eigenvalue weighted by atomic mass is 9.98. The van der Waals surface area contributed by atoms with Crippen molar-refractivity contribution in [3.8, 4) is 16.9 Å². The van der Waals surface area contributed by atoms with Crippen LogP contribution in [-0.4, -0.2) is 34.9 Å². The van der Waals surface area contributed by atoms with E-state index in [0.29, 0.717) is 0 Å². The van der Waals surface area contributed by atoms with Crippen molar-refractivity contribution in [2.75, 3.05) is 6.61 Å². The molecule has 1 aliphatic carbocycles. The number of carbonyl (C=O) groups is 2. The van der Waals surface area contributed by atoms with Crippen molar-refractivity contribution in [1.82, 2.24) is 5.32 Å². The fourth-order valence-electron chi connectivity index (χ4n) is 3.90. The predicted octanol–water partition coefficient (Wildman–Crippen LogP) is 4.07. The molecule has 0 unspecified atom stereocenters. The Morgan fingerprint density at radius 2 is 1.61 bits per heavy atom. The highest BCUT2D eigenvalue weighted by Crippen LogP contribution is 2.44. The van der Waals surface area contributed by atoms with Gasteiger partial charge in [-0.2, -0.15) is 0 Å². The summed E-state index contributed by atoms with van der Waals surface area (Å²) in [4.78, 5) is 23.9. The van der Waals surface area contributed by atoms with Crippen LogP contribution in [0.3, 0.4) is 0 Å². The number of aromatic hydroxyl groups is 1. The fourth-order valence-corrected chi connectivity index (χ4v) is 3.90. The zero-order valence-electron chi connectivity index (χ0n) is 16.4. The summed E-state index contributed by atoms with van der Waals surface area (Å²) in [7, 11) is 0. The molecule has 0 fully saturated rings. The molecule has 0 heterocycles. The summed E-state index contributed by atoms with van der Waals surface area (Å²) in [5, 5.41) is 21.0. The fraction of sp³-hybridized carbons (Fsp3) is 0.167. The number of amides is 1. The van der Waals surface area contributed by atoms with Gasteiger partial charge in [-0.25, -0.2) is 14.0 Å². The van der Waals surface area contributed by atoms with Gasteiger partial charge in [-0.05, 0) is 33.9 Å². The Labute approximate surface area is 177 Å². The summed E-state index contributed by atoms with van der Waals surface area (Å²) in [6.07, 6.45) is -1.18. The molecule has 3 N–H and O–H groups in total. The Kier molecular flexibility index (Phi) is 5.58. The van der Waals surface area contributed by atoms with E-state index in [0.717, 1.165) is 28.3 Å². The minimum atomic E-state index is -1.38. The first-order valence-corrected chi connectivity index (χ1v) is 9.75. The highest BCUT2D eigenvalue weighted by Gasteiger charge is 2.30. The number of rotatable bonds is 6. The maximum absolute atomic E-state index is 13.9. The highest BCUT2D eigenvalue weighted by molar-refractivity contribution is 5.81. The Morgan fingerprint density at radius 1 is 1.00 bits per heavy atom. The third kappa shape index (κ3) is 4.21. The number of halogens is 1. The number of carbonyl (C=O) groups excluding carboxylic acids is 1. The van der Waals surface area contributed by atoms with Gasteiger partial charge in [0, 0.05) is 18.4 Å². The molecule has 4 rings (SSSR count). The normalized spacial score (nSPS) is 13.2. The minimum absolute atomic E-state index is 0.0414. The van der Waals surface area contributed by atoms with E-state index in [1.165, 1.54) is 12.1 Å². The number of benzene rings is 3. The minimum Gasteiger partial charge on any atom is -0.508 e. The second kappa shape index (κ2) is 8.47. The van der Waals surface area contributed by atoms with Crippen LogP contribution in [0.2, 0.25) is 0 Å². The molecule has 0 aromatic heterocycles. The molecule has 7 heteroatoms. The van der Waals surface area contributed by atoms with E-state index in [1.807, 2.05) is 48.5 Å². The van der Waals surface area contributed by atoms with E-state index >= 15 is 0 Å². The maximum atomic E-state index is 13.9. The van der Waals surface area contributed by atoms with Crippen LogP contribution >= 0.6 is 0 Å². The Hall–Kier alpha value is -3.87. The van der Waals surface area contributed by atoms with Gasteiger partial charge in [-0.1, -0.05) is 54.6 Å². The number of nitrogens with one attached hydrogen (secondary N) is 1. The average molecular weight is 421 g/mol. The number of carboxylic acids is 1. The summed E-state index contributed by atoms with van der Waals surface area (Å²) in [6.45, 7) is 0.0414. The van der Waals surface area contributed by atoms with Crippen LogP contribution in [0.5, 0.6) is 5.75 Å². The summed E-state index contributed by atoms with van der Waals surface area (Å²) >= 11 is 0. The van der Waals surface area contributed by atoms with Crippen LogP contribution in [0.1, 0.15) is 22.6 Å². The molecule has 31 heavy (non-hydrogen) atoms. The molecule has 3 aromatic rings. The van der Waals surface area contributed by atoms with Crippen LogP contribution < -0.4 is 5.32 Å². The van der Waals surface area contributed by atoms with Gasteiger partial charge >= 0.3 is 12.1 Å². The number of fused-ring (bicyclic) bond motifs is 3. The largest absolute Gasteiger partial charge is 0.508 e. The first-order valence-electron chi connectivity index (χ1n) is 9.75. The van der Waals surface area contributed by atoms with Crippen molar-refractivity contribution >= 4 is 12.1 Å². The first kappa shape index (κ1) is 20.4. The van der Waals surface area contributed by atoms with Crippen LogP contribution in [-0.2, 0) is 16.0 Å². The number of phenolic OH excluding ortho intramolecular Hbond substituents is 1. The topological polar surface area (TPSA) is 95.9 Å². The molecule has 6 nitrogen and oxygen atoms in total. The molecular weight excluding hydrogens is 401 g/mol. The zero-order valence-corrected chi connectivity index (χ0v) is 16.4. The van der Waals surface area contributed by atoms with Crippen molar-refractivity contribution in [2.45, 2.75) is 18.4 Å². The number of aliphatic carboxylic acids is 1. The van der Waals surface area contributed by atoms with Gasteiger partial charge in [0.2, 0.25) is 0 Å². The molecule has 1 amide bonds. The molecule has 0 radical (unpaired) electrons. The van der Waals surface area contributed by atoms with Crippen molar-refractivity contribution in [1.29, 1.82) is 0 Å². The molecule has 3 aromatic carbocycles. The third-order valence-corrected chi connectivity index (χ3v) is 5.39. The second-order valence-corrected chi connectivity index (χ2v) is 7.34. The Bertz CT molecular complexity index is 1100. The molecule has 0 saturated heterocycles. The predicted molar refractivity (Wildman–Crippen MR) is 111 cm³/mol. The number of ether oxygens (including phenoxy) is 1. The highest BCUT2D eigenvalue weighted by atomic mass is 19.1. The number of carboxylic acid groups (broad SMARTS) is 1. The summed E-state index contributed by atoms with van der Waals surface area (Å²) < 4.78 is 19.3. The lowest BCUT2D eigenvalue weighted by molar-refractivity contribution is -0.139. The molecular formula is C24H20FNO5. The zero-order chi connectivity index (χ0) is 22.0. The molecule has 1 atom stereocenters. The number of alkyl carbamates (subject to hydrolysis) is 1. The summed E-state index contributed by atoms with van der Waals surface area (Å²) in [5.41, 5.74) is 4.30. The number of phenols is 1. The second-order valence-electron chi connectivity index (χ2n) is 7.34. The van der Waals surface area contributed by atoms with Crippen molar-refractivity contribution in [3.05, 3.63) is 89.2 Å². The van der Waals surface area contributed by atoms with E-state index in [4.69, 9.17) is 4.74 Å². The van der Waals surface area contributed by atoms with Gasteiger partial charge in [0.05, 0.1) is 0 Å². The molecule has 0 bridgehead atoms. The Balaban J connectivity index is 1.44. The summed E-state index contributed by atoms with van der Waals surface area (Å²) in [6, 6.07) is 17.8. The van der Waals surface area contributed by atoms with E-state index in [1.54, 1.807) is 0 Å². The lowest BCUT2D eigenvalue weighted by Crippen LogP contribution is -2.43. The molecule has 0 saturated carbocycles. The molecule has 1 aliphatic rings. The third-order valence-electron chi connectivity index (χ3n) is 5.39. The first-order chi connectivity index (χ1) is 14.9. The van der Waals surface area contributed by atoms with E-state index in [-0.39, 0.29) is 30.3 Å². The van der Waals surface area contributed by atoms with Gasteiger partial charge in [-0.3, -0.25) is 0 Å². The maximum Gasteiger partial charge on any atom is 0.407 e. The van der Waals surface area contributed by atoms with Gasteiger partial charge in [0.25, 0.3) is 0 Å². The SMILES string of the molecule is O=C(N[C@@H](Cc1ccc(O)cc1F)C(=O)O)OCC1c2ccccc2-c2ccccc21. The Morgan fingerprint density at radius 3 is 2.19 bits per heavy atom. The van der Waals surface area contributed by atoms with Gasteiger partial charge in [-0.15, -0.1) is 0 Å². The summed E-state index contributed by atoms with van der Waals surface area (Å²) in [5.74, 6) is -2.49. The monoisotopic (exact) mass is 421 g/mol. The molecule has 0 spiro atoms. The number of hydrogen-bond donors (Lipinski definition) is 3. The van der Waals surface area contributed by atoms with Crippen LogP contribution in [0, 0.1) is 5.82 Å². The number of hydrogen-bond acceptors (Lipinski definition) is 4. The van der Waals surface area contributed by atoms with Crippen molar-refractivity contribution in [3.63, 3.8) is 0 Å². The quantitative estimate of drug-likeness (QED) is 0.558. The van der Waals surface area contributed by atoms with Crippen LogP contribution in [0.25, 0.3) is 11.1 Å². The smallest absolute Gasteiger partial charge is 0.407 e.